The molecule has 0 saturated carbocycles. The van der Waals surface area contributed by atoms with Gasteiger partial charge in [-0.2, -0.15) is 18.3 Å². The van der Waals surface area contributed by atoms with Crippen LogP contribution in [0.25, 0.3) is 0 Å². The summed E-state index contributed by atoms with van der Waals surface area (Å²) < 4.78 is 40.2. The number of hydrogen-bond donors (Lipinski definition) is 0. The van der Waals surface area contributed by atoms with Crippen LogP contribution in [0, 0.1) is 0 Å². The molecule has 0 aliphatic carbocycles. The Hall–Kier alpha value is -2.35. The molecule has 156 valence electrons. The van der Waals surface area contributed by atoms with Crippen LogP contribution in [0.1, 0.15) is 36.8 Å². The van der Waals surface area contributed by atoms with Gasteiger partial charge < -0.3 is 4.90 Å². The summed E-state index contributed by atoms with van der Waals surface area (Å²) in [7, 11) is 0. The van der Waals surface area contributed by atoms with E-state index in [0.717, 1.165) is 51.3 Å². The van der Waals surface area contributed by atoms with Crippen LogP contribution >= 0.6 is 0 Å². The Morgan fingerprint density at radius 2 is 1.90 bits per heavy atom. The predicted octanol–water partition coefficient (Wildman–Crippen LogP) is 4.12. The number of alkyl halides is 3. The molecule has 5 nitrogen and oxygen atoms in total. The lowest BCUT2D eigenvalue weighted by Crippen LogP contribution is -2.52. The van der Waals surface area contributed by atoms with E-state index in [1.54, 1.807) is 0 Å². The van der Waals surface area contributed by atoms with Gasteiger partial charge in [-0.05, 0) is 44.4 Å². The minimum atomic E-state index is -4.35. The summed E-state index contributed by atoms with van der Waals surface area (Å²) in [6.45, 7) is 8.04. The Labute approximate surface area is 168 Å². The molecule has 8 heteroatoms. The Kier molecular flexibility index (Phi) is 5.38. The number of pyridine rings is 1. The molecular formula is C21H26F3N5. The van der Waals surface area contributed by atoms with Crippen molar-refractivity contribution in [2.45, 2.75) is 50.5 Å². The van der Waals surface area contributed by atoms with Crippen molar-refractivity contribution in [1.29, 1.82) is 0 Å². The third-order valence-electron chi connectivity index (χ3n) is 6.21. The first-order valence-corrected chi connectivity index (χ1v) is 10.1. The molecule has 2 aromatic heterocycles. The van der Waals surface area contributed by atoms with Crippen molar-refractivity contribution >= 4 is 5.82 Å². The van der Waals surface area contributed by atoms with Crippen molar-refractivity contribution in [2.75, 3.05) is 24.5 Å². The van der Waals surface area contributed by atoms with E-state index in [9.17, 15) is 13.2 Å². The van der Waals surface area contributed by atoms with Gasteiger partial charge in [0.25, 0.3) is 0 Å². The molecule has 0 radical (unpaired) electrons. The van der Waals surface area contributed by atoms with Gasteiger partial charge in [-0.3, -0.25) is 9.58 Å². The number of rotatable bonds is 5. The van der Waals surface area contributed by atoms with Gasteiger partial charge in [0.1, 0.15) is 5.82 Å². The van der Waals surface area contributed by atoms with E-state index in [4.69, 9.17) is 0 Å². The number of likely N-dealkylation sites (tertiary alicyclic amines) is 1. The van der Waals surface area contributed by atoms with Crippen molar-refractivity contribution in [3.05, 3.63) is 54.5 Å². The minimum Gasteiger partial charge on any atom is -0.356 e. The van der Waals surface area contributed by atoms with Crippen molar-refractivity contribution in [3.63, 3.8) is 0 Å². The second-order valence-corrected chi connectivity index (χ2v) is 8.00. The van der Waals surface area contributed by atoms with Gasteiger partial charge in [-0.15, -0.1) is 6.58 Å². The zero-order valence-electron chi connectivity index (χ0n) is 16.4. The standard InChI is InChI=1S/C21H26F3N5/c1-2-9-29-16-17(13-26-29)15-28-10-3-6-20(28)7-11-27(12-8-20)19-5-4-18(14-25-19)21(22,23)24/h2,4-5,13-14,16H,1,3,6-12,15H2. The van der Waals surface area contributed by atoms with E-state index in [-0.39, 0.29) is 5.54 Å². The summed E-state index contributed by atoms with van der Waals surface area (Å²) in [6, 6.07) is 2.61. The van der Waals surface area contributed by atoms with Gasteiger partial charge in [0.05, 0.1) is 18.3 Å². The fourth-order valence-corrected chi connectivity index (χ4v) is 4.64. The molecule has 0 N–H and O–H groups in total. The van der Waals surface area contributed by atoms with Crippen LogP contribution < -0.4 is 4.90 Å². The third-order valence-corrected chi connectivity index (χ3v) is 6.21. The normalized spacial score (nSPS) is 19.8. The highest BCUT2D eigenvalue weighted by Crippen LogP contribution is 2.40. The first-order chi connectivity index (χ1) is 13.9. The van der Waals surface area contributed by atoms with Gasteiger partial charge in [0, 0.05) is 43.1 Å². The molecule has 2 aliphatic heterocycles. The zero-order valence-corrected chi connectivity index (χ0v) is 16.4. The van der Waals surface area contributed by atoms with Gasteiger partial charge in [0.2, 0.25) is 0 Å². The number of allylic oxidation sites excluding steroid dienone is 1. The summed E-state index contributed by atoms with van der Waals surface area (Å²) in [5.41, 5.74) is 0.678. The van der Waals surface area contributed by atoms with Crippen LogP contribution in [0.5, 0.6) is 0 Å². The second-order valence-electron chi connectivity index (χ2n) is 8.00. The monoisotopic (exact) mass is 405 g/mol. The first kappa shape index (κ1) is 19.9. The van der Waals surface area contributed by atoms with E-state index >= 15 is 0 Å². The molecular weight excluding hydrogens is 379 g/mol. The molecule has 0 unspecified atom stereocenters. The number of halogens is 3. The van der Waals surface area contributed by atoms with Gasteiger partial charge in [-0.1, -0.05) is 6.08 Å². The third kappa shape index (κ3) is 4.17. The van der Waals surface area contributed by atoms with Gasteiger partial charge in [-0.25, -0.2) is 4.98 Å². The minimum absolute atomic E-state index is 0.170. The highest BCUT2D eigenvalue weighted by Gasteiger charge is 2.43. The Morgan fingerprint density at radius 3 is 2.55 bits per heavy atom. The average Bonchev–Trinajstić information content (AvgIpc) is 3.30. The molecule has 2 aromatic rings. The van der Waals surface area contributed by atoms with Crippen molar-refractivity contribution < 1.29 is 13.2 Å². The first-order valence-electron chi connectivity index (χ1n) is 10.1. The predicted molar refractivity (Wildman–Crippen MR) is 105 cm³/mol. The lowest BCUT2D eigenvalue weighted by Gasteiger charge is -2.45. The van der Waals surface area contributed by atoms with Crippen LogP contribution in [0.15, 0.2) is 43.4 Å². The summed E-state index contributed by atoms with van der Waals surface area (Å²) >= 11 is 0. The van der Waals surface area contributed by atoms with E-state index in [2.05, 4.69) is 32.7 Å². The molecule has 0 bridgehead atoms. The molecule has 29 heavy (non-hydrogen) atoms. The average molecular weight is 405 g/mol. The Morgan fingerprint density at radius 1 is 1.10 bits per heavy atom. The summed E-state index contributed by atoms with van der Waals surface area (Å²) in [5.74, 6) is 0.628. The highest BCUT2D eigenvalue weighted by molar-refractivity contribution is 5.40. The van der Waals surface area contributed by atoms with E-state index in [1.807, 2.05) is 17.0 Å². The molecule has 1 spiro atoms. The Balaban J connectivity index is 1.39. The summed E-state index contributed by atoms with van der Waals surface area (Å²) in [6.07, 6.45) is 6.77. The van der Waals surface area contributed by atoms with Crippen LogP contribution in [0.2, 0.25) is 0 Å². The van der Waals surface area contributed by atoms with Crippen LogP contribution in [0.4, 0.5) is 19.0 Å². The fraction of sp³-hybridized carbons (Fsp3) is 0.524. The molecule has 0 atom stereocenters. The maximum absolute atomic E-state index is 12.8. The number of anilines is 1. The lowest BCUT2D eigenvalue weighted by atomic mass is 9.84. The zero-order chi connectivity index (χ0) is 20.5. The summed E-state index contributed by atoms with van der Waals surface area (Å²) in [5, 5.41) is 4.38. The van der Waals surface area contributed by atoms with Gasteiger partial charge >= 0.3 is 6.18 Å². The largest absolute Gasteiger partial charge is 0.417 e. The molecule has 0 amide bonds. The lowest BCUT2D eigenvalue weighted by molar-refractivity contribution is -0.137. The molecule has 2 fully saturated rings. The topological polar surface area (TPSA) is 37.2 Å². The fourth-order valence-electron chi connectivity index (χ4n) is 4.64. The number of piperidine rings is 1. The van der Waals surface area contributed by atoms with Crippen molar-refractivity contribution in [3.8, 4) is 0 Å². The maximum atomic E-state index is 12.8. The van der Waals surface area contributed by atoms with Crippen molar-refractivity contribution in [1.82, 2.24) is 19.7 Å². The summed E-state index contributed by atoms with van der Waals surface area (Å²) in [4.78, 5) is 8.73. The molecule has 4 heterocycles. The van der Waals surface area contributed by atoms with Crippen LogP contribution in [-0.4, -0.2) is 44.8 Å². The highest BCUT2D eigenvalue weighted by atomic mass is 19.4. The van der Waals surface area contributed by atoms with Crippen molar-refractivity contribution in [2.24, 2.45) is 0 Å². The smallest absolute Gasteiger partial charge is 0.356 e. The maximum Gasteiger partial charge on any atom is 0.417 e. The van der Waals surface area contributed by atoms with Gasteiger partial charge in [0.15, 0.2) is 0 Å². The quantitative estimate of drug-likeness (QED) is 0.702. The molecule has 4 rings (SSSR count). The second kappa shape index (κ2) is 7.82. The van der Waals surface area contributed by atoms with Crippen LogP contribution in [-0.2, 0) is 19.3 Å². The van der Waals surface area contributed by atoms with E-state index < -0.39 is 11.7 Å². The van der Waals surface area contributed by atoms with Crippen LogP contribution in [0.3, 0.4) is 0 Å². The molecule has 2 saturated heterocycles. The number of nitrogens with zero attached hydrogens (tertiary/aromatic N) is 5. The molecule has 2 aliphatic rings. The van der Waals surface area contributed by atoms with E-state index in [0.29, 0.717) is 12.4 Å². The number of aromatic nitrogens is 3. The Bertz CT molecular complexity index is 835. The molecule has 0 aromatic carbocycles. The SMILES string of the molecule is C=CCn1cc(CN2CCCC23CCN(c2ccc(C(F)(F)F)cn2)CC3)cn1. The number of hydrogen-bond acceptors (Lipinski definition) is 4. The van der Waals surface area contributed by atoms with E-state index in [1.165, 1.54) is 24.5 Å².